The molecule has 0 aromatic heterocycles. The van der Waals surface area contributed by atoms with E-state index in [1.807, 2.05) is 25.7 Å². The Labute approximate surface area is 118 Å². The molecule has 1 saturated heterocycles. The highest BCUT2D eigenvalue weighted by molar-refractivity contribution is 6.77. The largest absolute Gasteiger partial charge is 0.444 e. The van der Waals surface area contributed by atoms with Crippen molar-refractivity contribution < 1.29 is 14.6 Å². The molecule has 0 bridgehead atoms. The Hall–Kier alpha value is -0.553. The zero-order valence-electron chi connectivity index (χ0n) is 13.2. The highest BCUT2D eigenvalue weighted by Gasteiger charge is 2.43. The van der Waals surface area contributed by atoms with Crippen molar-refractivity contribution in [3.8, 4) is 0 Å². The number of hydrogen-bond acceptors (Lipinski definition) is 3. The van der Waals surface area contributed by atoms with Crippen LogP contribution in [0.5, 0.6) is 0 Å². The van der Waals surface area contributed by atoms with E-state index in [9.17, 15) is 9.90 Å². The summed E-state index contributed by atoms with van der Waals surface area (Å²) in [5, 5.41) is 9.60. The van der Waals surface area contributed by atoms with Crippen LogP contribution in [0.4, 0.5) is 4.79 Å². The van der Waals surface area contributed by atoms with Crippen LogP contribution >= 0.6 is 0 Å². The number of aliphatic hydroxyl groups excluding tert-OH is 1. The van der Waals surface area contributed by atoms with E-state index in [1.54, 1.807) is 0 Å². The molecule has 19 heavy (non-hydrogen) atoms. The molecule has 1 amide bonds. The van der Waals surface area contributed by atoms with Crippen molar-refractivity contribution in [1.82, 2.24) is 4.90 Å². The maximum atomic E-state index is 12.4. The predicted octanol–water partition coefficient (Wildman–Crippen LogP) is 2.87. The van der Waals surface area contributed by atoms with E-state index in [1.165, 1.54) is 0 Å². The van der Waals surface area contributed by atoms with E-state index in [0.717, 1.165) is 19.4 Å². The van der Waals surface area contributed by atoms with Crippen LogP contribution in [0.3, 0.4) is 0 Å². The van der Waals surface area contributed by atoms with Gasteiger partial charge in [-0.15, -0.1) is 0 Å². The van der Waals surface area contributed by atoms with Gasteiger partial charge in [-0.05, 0) is 39.5 Å². The number of rotatable bonds is 2. The molecule has 0 aromatic carbocycles. The standard InChI is InChI=1S/C14H29NO3Si/c1-14(2,3)18-13(17)15-9-7-8-11(10-16)12(15)19(4,5)6/h11-12,16H,7-10H2,1-6H3. The van der Waals surface area contributed by atoms with Gasteiger partial charge in [0.05, 0.1) is 8.07 Å². The van der Waals surface area contributed by atoms with Gasteiger partial charge in [-0.25, -0.2) is 4.79 Å². The lowest BCUT2D eigenvalue weighted by molar-refractivity contribution is 0.00544. The smallest absolute Gasteiger partial charge is 0.410 e. The summed E-state index contributed by atoms with van der Waals surface area (Å²) in [6.07, 6.45) is 1.73. The van der Waals surface area contributed by atoms with Crippen LogP contribution in [0.1, 0.15) is 33.6 Å². The first-order valence-electron chi connectivity index (χ1n) is 7.17. The Balaban J connectivity index is 2.92. The Morgan fingerprint density at radius 2 is 1.95 bits per heavy atom. The monoisotopic (exact) mass is 287 g/mol. The van der Waals surface area contributed by atoms with E-state index in [-0.39, 0.29) is 24.3 Å². The topological polar surface area (TPSA) is 49.8 Å². The first-order chi connectivity index (χ1) is 8.56. The van der Waals surface area contributed by atoms with Crippen LogP contribution in [0.2, 0.25) is 19.6 Å². The van der Waals surface area contributed by atoms with Gasteiger partial charge in [0.1, 0.15) is 5.60 Å². The minimum absolute atomic E-state index is 0.161. The number of carbonyl (C=O) groups excluding carboxylic acids is 1. The van der Waals surface area contributed by atoms with Gasteiger partial charge in [0.2, 0.25) is 0 Å². The molecule has 0 spiro atoms. The van der Waals surface area contributed by atoms with Crippen molar-refractivity contribution >= 4 is 14.2 Å². The van der Waals surface area contributed by atoms with Crippen molar-refractivity contribution in [2.24, 2.45) is 5.92 Å². The quantitative estimate of drug-likeness (QED) is 0.795. The second-order valence-electron chi connectivity index (χ2n) is 7.57. The Morgan fingerprint density at radius 3 is 2.37 bits per heavy atom. The fourth-order valence-electron chi connectivity index (χ4n) is 2.97. The van der Waals surface area contributed by atoms with E-state index in [0.29, 0.717) is 0 Å². The second-order valence-corrected chi connectivity index (χ2v) is 12.9. The molecule has 1 aliphatic heterocycles. The number of carbonyl (C=O) groups is 1. The minimum Gasteiger partial charge on any atom is -0.444 e. The van der Waals surface area contributed by atoms with Crippen molar-refractivity contribution in [2.75, 3.05) is 13.2 Å². The van der Waals surface area contributed by atoms with Gasteiger partial charge in [0, 0.05) is 18.8 Å². The van der Waals surface area contributed by atoms with Crippen molar-refractivity contribution in [2.45, 2.75) is 64.5 Å². The third-order valence-electron chi connectivity index (χ3n) is 3.51. The molecule has 1 aliphatic rings. The van der Waals surface area contributed by atoms with Crippen LogP contribution in [0.25, 0.3) is 0 Å². The van der Waals surface area contributed by atoms with Crippen LogP contribution in [0.15, 0.2) is 0 Å². The van der Waals surface area contributed by atoms with Crippen LogP contribution in [0, 0.1) is 5.92 Å². The third-order valence-corrected chi connectivity index (χ3v) is 6.06. The molecular formula is C14H29NO3Si. The lowest BCUT2D eigenvalue weighted by atomic mass is 9.99. The molecule has 2 unspecified atom stereocenters. The molecule has 0 aromatic rings. The lowest BCUT2D eigenvalue weighted by Gasteiger charge is -2.46. The fourth-order valence-corrected chi connectivity index (χ4v) is 5.82. The van der Waals surface area contributed by atoms with Gasteiger partial charge in [-0.3, -0.25) is 0 Å². The predicted molar refractivity (Wildman–Crippen MR) is 79.9 cm³/mol. The maximum Gasteiger partial charge on any atom is 0.410 e. The van der Waals surface area contributed by atoms with Crippen LogP contribution in [-0.4, -0.2) is 48.6 Å². The summed E-state index contributed by atoms with van der Waals surface area (Å²) >= 11 is 0. The van der Waals surface area contributed by atoms with E-state index in [2.05, 4.69) is 19.6 Å². The van der Waals surface area contributed by atoms with Crippen molar-refractivity contribution in [1.29, 1.82) is 0 Å². The number of piperidine rings is 1. The van der Waals surface area contributed by atoms with Crippen LogP contribution in [-0.2, 0) is 4.74 Å². The molecule has 2 atom stereocenters. The highest BCUT2D eigenvalue weighted by atomic mass is 28.3. The summed E-state index contributed by atoms with van der Waals surface area (Å²) in [6, 6.07) is 0. The fraction of sp³-hybridized carbons (Fsp3) is 0.929. The summed E-state index contributed by atoms with van der Waals surface area (Å²) in [6.45, 7) is 13.3. The summed E-state index contributed by atoms with van der Waals surface area (Å²) in [7, 11) is -1.58. The number of aliphatic hydroxyl groups is 1. The molecule has 4 nitrogen and oxygen atoms in total. The molecular weight excluding hydrogens is 258 g/mol. The average Bonchev–Trinajstić information content (AvgIpc) is 2.24. The zero-order chi connectivity index (χ0) is 14.8. The maximum absolute atomic E-state index is 12.4. The van der Waals surface area contributed by atoms with E-state index < -0.39 is 13.7 Å². The molecule has 1 N–H and O–H groups in total. The molecule has 112 valence electrons. The van der Waals surface area contributed by atoms with Gasteiger partial charge < -0.3 is 14.7 Å². The van der Waals surface area contributed by atoms with Gasteiger partial charge in [-0.2, -0.15) is 0 Å². The molecule has 1 fully saturated rings. The van der Waals surface area contributed by atoms with Gasteiger partial charge in [0.25, 0.3) is 0 Å². The summed E-state index contributed by atoms with van der Waals surface area (Å²) in [4.78, 5) is 14.3. The number of ether oxygens (including phenoxy) is 1. The minimum atomic E-state index is -1.58. The molecule has 0 aliphatic carbocycles. The molecule has 0 saturated carbocycles. The number of nitrogens with zero attached hydrogens (tertiary/aromatic N) is 1. The van der Waals surface area contributed by atoms with Crippen molar-refractivity contribution in [3.05, 3.63) is 0 Å². The van der Waals surface area contributed by atoms with E-state index in [4.69, 9.17) is 4.74 Å². The highest BCUT2D eigenvalue weighted by Crippen LogP contribution is 2.31. The number of amides is 1. The first kappa shape index (κ1) is 16.5. The number of hydrogen-bond donors (Lipinski definition) is 1. The molecule has 0 radical (unpaired) electrons. The van der Waals surface area contributed by atoms with Gasteiger partial charge in [0.15, 0.2) is 0 Å². The Morgan fingerprint density at radius 1 is 1.37 bits per heavy atom. The Bertz CT molecular complexity index is 320. The summed E-state index contributed by atoms with van der Waals surface area (Å²) in [5.74, 6) is 0.202. The van der Waals surface area contributed by atoms with Gasteiger partial charge >= 0.3 is 6.09 Å². The zero-order valence-corrected chi connectivity index (χ0v) is 14.2. The number of likely N-dealkylation sites (tertiary alicyclic amines) is 1. The third kappa shape index (κ3) is 4.49. The Kier molecular flexibility index (Phi) is 5.06. The average molecular weight is 287 g/mol. The summed E-state index contributed by atoms with van der Waals surface area (Å²) < 4.78 is 5.52. The SMILES string of the molecule is CC(C)(C)OC(=O)N1CCCC(CO)C1[Si](C)(C)C. The summed E-state index contributed by atoms with van der Waals surface area (Å²) in [5.41, 5.74) is -0.297. The van der Waals surface area contributed by atoms with Gasteiger partial charge in [-0.1, -0.05) is 19.6 Å². The van der Waals surface area contributed by atoms with Crippen LogP contribution < -0.4 is 0 Å². The lowest BCUT2D eigenvalue weighted by Crippen LogP contribution is -2.61. The van der Waals surface area contributed by atoms with Crippen molar-refractivity contribution in [3.63, 3.8) is 0 Å². The normalized spacial score (nSPS) is 25.3. The second kappa shape index (κ2) is 5.83. The van der Waals surface area contributed by atoms with E-state index >= 15 is 0 Å². The molecule has 1 heterocycles. The molecule has 1 rings (SSSR count). The first-order valence-corrected chi connectivity index (χ1v) is 10.7. The molecule has 5 heteroatoms.